The van der Waals surface area contributed by atoms with E-state index in [1.807, 2.05) is 0 Å². The van der Waals surface area contributed by atoms with Crippen LogP contribution in [0.5, 0.6) is 0 Å². The number of ether oxygens (including phenoxy) is 2. The molecule has 0 saturated heterocycles. The Hall–Kier alpha value is -4.88. The van der Waals surface area contributed by atoms with Gasteiger partial charge in [-0.25, -0.2) is 15.0 Å². The average Bonchev–Trinajstić information content (AvgIpc) is 3.10. The van der Waals surface area contributed by atoms with E-state index in [4.69, 9.17) is 0 Å². The Labute approximate surface area is 367 Å². The van der Waals surface area contributed by atoms with Crippen molar-refractivity contribution in [1.29, 1.82) is 0 Å². The Bertz CT molecular complexity index is 1910. The lowest BCUT2D eigenvalue weighted by Gasteiger charge is -2.44. The average molecular weight is 1220 g/mol. The van der Waals surface area contributed by atoms with Gasteiger partial charge in [-0.2, -0.15) is 184 Å². The Morgan fingerprint density at radius 1 is 0.297 bits per heavy atom. The van der Waals surface area contributed by atoms with Crippen LogP contribution in [0.1, 0.15) is 0 Å². The van der Waals surface area contributed by atoms with E-state index in [0.29, 0.717) is 0 Å². The summed E-state index contributed by atoms with van der Waals surface area (Å²) in [6.45, 7) is 0. The number of alkyl halides is 42. The lowest BCUT2D eigenvalue weighted by Crippen LogP contribution is -2.77. The third kappa shape index (κ3) is 9.91. The molecule has 0 spiro atoms. The number of nitrogens with one attached hydrogen (secondary N) is 1. The number of halogens is 43. The molecule has 3 amide bonds. The van der Waals surface area contributed by atoms with E-state index < -0.39 is 153 Å². The number of carbonyl (C=O) groups is 3. The van der Waals surface area contributed by atoms with Gasteiger partial charge in [-0.05, 0) is 5.23 Å². The van der Waals surface area contributed by atoms with Crippen LogP contribution in [0.3, 0.4) is 0 Å². The van der Waals surface area contributed by atoms with Gasteiger partial charge >= 0.3 is 132 Å². The summed E-state index contributed by atoms with van der Waals surface area (Å²) in [5.41, 5.74) is -20.9. The summed E-state index contributed by atoms with van der Waals surface area (Å²) in [6.07, 6.45) is -84.7. The van der Waals surface area contributed by atoms with Gasteiger partial charge < -0.3 is 9.47 Å². The van der Waals surface area contributed by atoms with Gasteiger partial charge in [-0.3, -0.25) is 4.79 Å². The molecule has 52 heteroatoms. The van der Waals surface area contributed by atoms with Crippen LogP contribution in [0.4, 0.5) is 198 Å². The van der Waals surface area contributed by atoms with Crippen molar-refractivity contribution in [3.8, 4) is 0 Å². The maximum absolute atomic E-state index is 15.2. The molecule has 0 aromatic rings. The van der Waals surface area contributed by atoms with Crippen molar-refractivity contribution in [3.05, 3.63) is 0 Å². The molecule has 0 aromatic carbocycles. The van der Waals surface area contributed by atoms with E-state index >= 15 is 4.48 Å². The lowest BCUT2D eigenvalue weighted by molar-refractivity contribution is -0.483. The third-order valence-corrected chi connectivity index (χ3v) is 7.75. The second-order valence-electron chi connectivity index (χ2n) is 12.5. The summed E-state index contributed by atoms with van der Waals surface area (Å²) in [7, 11) is 0. The topological polar surface area (TPSA) is 91.4 Å². The molecule has 0 radical (unpaired) electrons. The molecule has 0 aliphatic rings. The lowest BCUT2D eigenvalue weighted by atomic mass is 9.91. The first-order chi connectivity index (χ1) is 31.3. The third-order valence-electron chi connectivity index (χ3n) is 7.75. The molecule has 0 heterocycles. The zero-order chi connectivity index (χ0) is 61.1. The fourth-order valence-electron chi connectivity index (χ4n) is 3.93. The quantitative estimate of drug-likeness (QED) is 0.0802. The van der Waals surface area contributed by atoms with Gasteiger partial charge in [0.1, 0.15) is 0 Å². The van der Waals surface area contributed by atoms with Gasteiger partial charge in [-0.15, -0.1) is 9.49 Å². The summed E-state index contributed by atoms with van der Waals surface area (Å²) >= 11 is 0. The maximum Gasteiger partial charge on any atom is 0.460 e. The second-order valence-corrected chi connectivity index (χ2v) is 12.5. The van der Waals surface area contributed by atoms with Gasteiger partial charge in [0, 0.05) is 5.23 Å². The highest BCUT2D eigenvalue weighted by Crippen LogP contribution is 2.63. The Morgan fingerprint density at radius 3 is 0.743 bits per heavy atom. The van der Waals surface area contributed by atoms with Crippen LogP contribution >= 0.6 is 0 Å². The Morgan fingerprint density at radius 2 is 0.514 bits per heavy atom. The number of hydrogen-bond donors (Lipinski definition) is 1. The molecule has 0 rings (SSSR count). The zero-order valence-electron chi connectivity index (χ0n) is 31.1. The van der Waals surface area contributed by atoms with E-state index in [9.17, 15) is 199 Å². The molecule has 0 saturated carbocycles. The molecule has 0 atom stereocenters. The summed E-state index contributed by atoms with van der Waals surface area (Å²) in [5, 5.41) is -15.7. The minimum atomic E-state index is -9.99. The summed E-state index contributed by atoms with van der Waals surface area (Å²) in [6, 6.07) is -9.69. The number of hydrazine groups is 3. The molecular weight excluding hydrogens is 1220 g/mol. The van der Waals surface area contributed by atoms with Crippen LogP contribution in [0.25, 0.3) is 0 Å². The molecular formula is C22HF43N4O5. The van der Waals surface area contributed by atoms with Crippen molar-refractivity contribution in [2.45, 2.75) is 114 Å². The monoisotopic (exact) mass is 1220 g/mol. The van der Waals surface area contributed by atoms with Gasteiger partial charge in [0.25, 0.3) is 0 Å². The maximum atomic E-state index is 15.2. The van der Waals surface area contributed by atoms with Crippen LogP contribution in [-0.4, -0.2) is 148 Å². The number of amides is 3. The molecule has 0 bridgehead atoms. The summed E-state index contributed by atoms with van der Waals surface area (Å²) in [4.78, 5) is 36.7. The molecule has 0 aliphatic carbocycles. The second kappa shape index (κ2) is 18.1. The van der Waals surface area contributed by atoms with E-state index in [1.165, 1.54) is 9.47 Å². The fourth-order valence-corrected chi connectivity index (χ4v) is 3.93. The normalized spacial score (nSPS) is 16.2. The van der Waals surface area contributed by atoms with Crippen molar-refractivity contribution >= 4 is 18.1 Å². The van der Waals surface area contributed by atoms with E-state index in [0.717, 1.165) is 0 Å². The Kier molecular flexibility index (Phi) is 16.9. The minimum absolute atomic E-state index is 1.29. The first kappa shape index (κ1) is 69.1. The molecule has 440 valence electrons. The van der Waals surface area contributed by atoms with E-state index in [1.54, 1.807) is 0 Å². The Balaban J connectivity index is 9.63. The number of rotatable bonds is 14. The van der Waals surface area contributed by atoms with E-state index in [-0.39, 0.29) is 0 Å². The molecule has 0 fully saturated rings. The SMILES string of the molecule is O=C(OC(C(F)(F)F)(C(F)(F)F)C(F)(F)F)N(C(=O)OC(C(F)(F)F)(C(F)(F)F)C(F)(F)F)N(NC(=O)C(F)(F)C(F)(F)C(F)(F)C(F)(F)C(F)(F)C(F)(F)C(F)(F)F)N(F)C(F)(F)C(F)(F)C(F)(F)C(F)(F)F. The smallest absolute Gasteiger partial charge is 0.414 e. The van der Waals surface area contributed by atoms with Crippen molar-refractivity contribution in [1.82, 2.24) is 20.9 Å². The van der Waals surface area contributed by atoms with Crippen LogP contribution in [0.2, 0.25) is 0 Å². The van der Waals surface area contributed by atoms with Gasteiger partial charge in [0.2, 0.25) is 0 Å². The number of hydrogen-bond acceptors (Lipinski definition) is 7. The van der Waals surface area contributed by atoms with Crippen molar-refractivity contribution in [2.24, 2.45) is 0 Å². The molecule has 0 unspecified atom stereocenters. The zero-order valence-corrected chi connectivity index (χ0v) is 31.1. The summed E-state index contributed by atoms with van der Waals surface area (Å²) in [5.74, 6) is -83.3. The standard InChI is InChI=1S/C22HF43N4O5/c23-4(24,7(25,26)8(27,28)9(29,30)10(31,32)11(33,34)20(57,58)59)1(70)66-69(68(65)22(63,64)13(37,38)12(35,36)21(60,61)62)67(2(71)73-5(14(39,40)41,15(42,43)44)16(45,46)47)3(72)74-6(17(48,49)50,18(51,52)53)19(54,55)56/h(H,66,70). The predicted octanol–water partition coefficient (Wildman–Crippen LogP) is 12.6. The summed E-state index contributed by atoms with van der Waals surface area (Å²) < 4.78 is 587. The largest absolute Gasteiger partial charge is 0.460 e. The predicted molar refractivity (Wildman–Crippen MR) is 126 cm³/mol. The number of nitrogens with zero attached hydrogens (tertiary/aromatic N) is 3. The van der Waals surface area contributed by atoms with Gasteiger partial charge in [0.15, 0.2) is 0 Å². The first-order valence-electron chi connectivity index (χ1n) is 15.1. The molecule has 0 aromatic heterocycles. The molecule has 9 nitrogen and oxygen atoms in total. The van der Waals surface area contributed by atoms with Crippen LogP contribution in [-0.2, 0) is 14.3 Å². The minimum Gasteiger partial charge on any atom is -0.414 e. The van der Waals surface area contributed by atoms with Crippen molar-refractivity contribution in [3.63, 3.8) is 0 Å². The van der Waals surface area contributed by atoms with Crippen LogP contribution < -0.4 is 5.43 Å². The first-order valence-corrected chi connectivity index (χ1v) is 15.1. The van der Waals surface area contributed by atoms with Gasteiger partial charge in [-0.1, -0.05) is 0 Å². The van der Waals surface area contributed by atoms with Crippen LogP contribution in [0, 0.1) is 0 Å². The highest BCUT2D eigenvalue weighted by molar-refractivity contribution is 5.89. The number of carbonyl (C=O) groups excluding carboxylic acids is 3. The highest BCUT2D eigenvalue weighted by atomic mass is 19.5. The fraction of sp³-hybridized carbons (Fsp3) is 0.864. The van der Waals surface area contributed by atoms with E-state index in [2.05, 4.69) is 0 Å². The molecule has 74 heavy (non-hydrogen) atoms. The van der Waals surface area contributed by atoms with Crippen molar-refractivity contribution in [2.75, 3.05) is 0 Å². The molecule has 1 N–H and O–H groups in total. The number of imide groups is 1. The van der Waals surface area contributed by atoms with Gasteiger partial charge in [0.05, 0.1) is 0 Å². The molecule has 0 aliphatic heterocycles. The highest BCUT2D eigenvalue weighted by Gasteiger charge is 2.95. The van der Waals surface area contributed by atoms with Crippen molar-refractivity contribution < 1.29 is 213 Å². The van der Waals surface area contributed by atoms with Crippen LogP contribution in [0.15, 0.2) is 0 Å².